The van der Waals surface area contributed by atoms with Crippen LogP contribution in [-0.2, 0) is 66.1 Å². The lowest BCUT2D eigenvalue weighted by atomic mass is 9.96. The fraction of sp³-hybridized carbons (Fsp3) is 0.391. The fourth-order valence-electron chi connectivity index (χ4n) is 7.32. The smallest absolute Gasteiger partial charge is 0.449 e. The van der Waals surface area contributed by atoms with Gasteiger partial charge in [-0.25, -0.2) is 14.2 Å². The Kier molecular flexibility index (Phi) is 14.0. The summed E-state index contributed by atoms with van der Waals surface area (Å²) in [5.41, 5.74) is 6.64. The van der Waals surface area contributed by atoms with E-state index in [0.717, 1.165) is 38.9 Å². The first-order chi connectivity index (χ1) is 29.2. The van der Waals surface area contributed by atoms with Crippen LogP contribution in [0.4, 0.5) is 9.59 Å². The van der Waals surface area contributed by atoms with Crippen LogP contribution >= 0.6 is 7.82 Å². The molecule has 2 unspecified atom stereocenters. The third-order valence-electron chi connectivity index (χ3n) is 11.6. The van der Waals surface area contributed by atoms with Gasteiger partial charge >= 0.3 is 20.1 Å². The van der Waals surface area contributed by atoms with E-state index in [9.17, 15) is 14.2 Å². The van der Waals surface area contributed by atoms with Gasteiger partial charge in [0, 0.05) is 5.92 Å². The average molecular weight is 872 g/mol. The van der Waals surface area contributed by atoms with Crippen LogP contribution in [0, 0.1) is 0 Å². The average Bonchev–Trinajstić information content (AvgIpc) is 3.46. The summed E-state index contributed by atoms with van der Waals surface area (Å²) in [6.45, 7) is 13.6. The standard InChI is InChI=1S/C46H54NO12PSi/c1-7-25-52-45(49)57-42-40(47-44(48)53-29-38-36-23-15-13-21-34(36)35-22-14-16-24-37(35)38)43(59-61(5,6)46(2,3)4)56-39(30-51-26-31-17-9-8-10-18-31)41(42)58-60(50)54-27-32-19-11-12-20-33(32)28-55-60/h7-24,38-43H,1,25-30H2,2-6H3,(H,47,48)/t39?,40?,41-,42-,43+/m1/s1. The van der Waals surface area contributed by atoms with Crippen molar-refractivity contribution >= 4 is 28.4 Å². The molecule has 5 atom stereocenters. The number of benzene rings is 4. The van der Waals surface area contributed by atoms with Crippen molar-refractivity contribution in [3.63, 3.8) is 0 Å². The number of hydrogen-bond acceptors (Lipinski definition) is 12. The number of hydrogen-bond donors (Lipinski definition) is 1. The number of carbonyl (C=O) groups is 2. The zero-order chi connectivity index (χ0) is 43.2. The zero-order valence-corrected chi connectivity index (χ0v) is 37.0. The highest BCUT2D eigenvalue weighted by Crippen LogP contribution is 2.55. The number of ether oxygens (including phenoxy) is 5. The summed E-state index contributed by atoms with van der Waals surface area (Å²) in [7, 11) is -7.15. The van der Waals surface area contributed by atoms with Crippen LogP contribution in [0.1, 0.15) is 54.5 Å². The molecule has 2 aliphatic heterocycles. The Bertz CT molecular complexity index is 2140. The summed E-state index contributed by atoms with van der Waals surface area (Å²) >= 11 is 0. The highest BCUT2D eigenvalue weighted by atomic mass is 31.2. The molecule has 1 N–H and O–H groups in total. The Labute approximate surface area is 358 Å². The van der Waals surface area contributed by atoms with Crippen molar-refractivity contribution in [2.24, 2.45) is 0 Å². The third-order valence-corrected chi connectivity index (χ3v) is 17.4. The summed E-state index contributed by atoms with van der Waals surface area (Å²) in [5.74, 6) is -0.234. The van der Waals surface area contributed by atoms with Crippen LogP contribution in [0.25, 0.3) is 11.1 Å². The predicted molar refractivity (Wildman–Crippen MR) is 230 cm³/mol. The molecule has 0 aromatic heterocycles. The van der Waals surface area contributed by atoms with Crippen molar-refractivity contribution in [1.29, 1.82) is 0 Å². The molecule has 0 bridgehead atoms. The molecule has 1 aliphatic carbocycles. The van der Waals surface area contributed by atoms with Gasteiger partial charge in [0.25, 0.3) is 0 Å². The first-order valence-electron chi connectivity index (χ1n) is 20.4. The topological polar surface area (TPSA) is 146 Å². The van der Waals surface area contributed by atoms with Gasteiger partial charge in [-0.2, -0.15) is 0 Å². The van der Waals surface area contributed by atoms with Gasteiger partial charge in [-0.1, -0.05) is 137 Å². The van der Waals surface area contributed by atoms with Gasteiger partial charge in [0.1, 0.15) is 31.5 Å². The number of alkyl carbamates (subject to hydrolysis) is 1. The molecule has 0 saturated carbocycles. The minimum Gasteiger partial charge on any atom is -0.449 e. The van der Waals surface area contributed by atoms with Crippen LogP contribution < -0.4 is 5.32 Å². The van der Waals surface area contributed by atoms with Gasteiger partial charge in [0.2, 0.25) is 0 Å². The van der Waals surface area contributed by atoms with Crippen molar-refractivity contribution in [2.45, 2.75) is 95.3 Å². The van der Waals surface area contributed by atoms with Crippen molar-refractivity contribution in [1.82, 2.24) is 5.32 Å². The Morgan fingerprint density at radius 3 is 2.02 bits per heavy atom. The van der Waals surface area contributed by atoms with E-state index in [4.69, 9.17) is 41.7 Å². The Balaban J connectivity index is 1.22. The van der Waals surface area contributed by atoms with Gasteiger partial charge in [-0.3, -0.25) is 13.6 Å². The lowest BCUT2D eigenvalue weighted by Gasteiger charge is -2.48. The van der Waals surface area contributed by atoms with Crippen LogP contribution in [0.15, 0.2) is 116 Å². The number of fused-ring (bicyclic) bond motifs is 4. The van der Waals surface area contributed by atoms with Crippen molar-refractivity contribution in [3.05, 3.63) is 144 Å². The summed E-state index contributed by atoms with van der Waals surface area (Å²) in [6.07, 6.45) is -5.83. The minimum absolute atomic E-state index is 0.00140. The Hall–Kier alpha value is -4.63. The van der Waals surface area contributed by atoms with Crippen molar-refractivity contribution in [3.8, 4) is 11.1 Å². The van der Waals surface area contributed by atoms with E-state index in [1.165, 1.54) is 6.08 Å². The molecule has 4 aromatic rings. The van der Waals surface area contributed by atoms with E-state index >= 15 is 0 Å². The quantitative estimate of drug-likeness (QED) is 0.0557. The number of phosphoric ester groups is 1. The summed E-state index contributed by atoms with van der Waals surface area (Å²) in [4.78, 5) is 27.6. The minimum atomic E-state index is -4.43. The number of phosphoric acid groups is 1. The lowest BCUT2D eigenvalue weighted by molar-refractivity contribution is -0.250. The van der Waals surface area contributed by atoms with Crippen LogP contribution in [-0.4, -0.2) is 71.0 Å². The molecule has 1 fully saturated rings. The van der Waals surface area contributed by atoms with Gasteiger partial charge < -0.3 is 33.4 Å². The molecule has 7 rings (SSSR count). The second kappa shape index (κ2) is 19.2. The molecule has 324 valence electrons. The molecular weight excluding hydrogens is 818 g/mol. The van der Waals surface area contributed by atoms with Gasteiger partial charge in [-0.15, -0.1) is 0 Å². The maximum Gasteiger partial charge on any atom is 0.509 e. The summed E-state index contributed by atoms with van der Waals surface area (Å²) in [6, 6.07) is 31.6. The van der Waals surface area contributed by atoms with Crippen LogP contribution in [0.2, 0.25) is 18.1 Å². The highest BCUT2D eigenvalue weighted by molar-refractivity contribution is 7.48. The molecular formula is C46H54NO12PSi. The maximum absolute atomic E-state index is 14.6. The molecule has 1 saturated heterocycles. The van der Waals surface area contributed by atoms with Gasteiger partial charge in [-0.05, 0) is 57.1 Å². The number of amides is 1. The third kappa shape index (κ3) is 10.5. The van der Waals surface area contributed by atoms with Crippen molar-refractivity contribution in [2.75, 3.05) is 19.8 Å². The maximum atomic E-state index is 14.6. The first-order valence-corrected chi connectivity index (χ1v) is 24.8. The molecule has 15 heteroatoms. The molecule has 0 radical (unpaired) electrons. The monoisotopic (exact) mass is 871 g/mol. The highest BCUT2D eigenvalue weighted by Gasteiger charge is 2.56. The van der Waals surface area contributed by atoms with Crippen LogP contribution in [0.5, 0.6) is 0 Å². The molecule has 13 nitrogen and oxygen atoms in total. The Morgan fingerprint density at radius 2 is 1.41 bits per heavy atom. The molecule has 4 aromatic carbocycles. The largest absolute Gasteiger partial charge is 0.509 e. The van der Waals surface area contributed by atoms with E-state index in [-0.39, 0.29) is 50.6 Å². The molecule has 61 heavy (non-hydrogen) atoms. The molecule has 0 spiro atoms. The molecule has 2 heterocycles. The SMILES string of the molecule is C=CCOC(=O)O[C@@H]1C(NC(=O)OCC2c3ccccc3-c3ccccc32)[C@H](O[Si](C)(C)C(C)(C)C)OC(COCc2ccccc2)[C@H]1OP1(=O)OCc2ccccc2CO1. The second-order valence-electron chi connectivity index (χ2n) is 16.7. The fourth-order valence-corrected chi connectivity index (χ4v) is 9.81. The van der Waals surface area contributed by atoms with E-state index in [1.807, 2.05) is 104 Å². The first kappa shape index (κ1) is 44.4. The predicted octanol–water partition coefficient (Wildman–Crippen LogP) is 9.81. The number of nitrogens with one attached hydrogen (secondary N) is 1. The molecule has 3 aliphatic rings. The summed E-state index contributed by atoms with van der Waals surface area (Å²) < 4.78 is 69.9. The zero-order valence-electron chi connectivity index (χ0n) is 35.2. The van der Waals surface area contributed by atoms with Gasteiger partial charge in [0.05, 0.1) is 26.4 Å². The normalized spacial score (nSPS) is 22.1. The second-order valence-corrected chi connectivity index (χ2v) is 23.1. The van der Waals surface area contributed by atoms with Crippen molar-refractivity contribution < 1.29 is 55.8 Å². The van der Waals surface area contributed by atoms with Gasteiger partial charge in [0.15, 0.2) is 20.7 Å². The van der Waals surface area contributed by atoms with E-state index in [0.29, 0.717) is 0 Å². The van der Waals surface area contributed by atoms with E-state index < -0.39 is 59.0 Å². The number of carbonyl (C=O) groups excluding carboxylic acids is 2. The number of rotatable bonds is 14. The Morgan fingerprint density at radius 1 is 0.820 bits per heavy atom. The summed E-state index contributed by atoms with van der Waals surface area (Å²) in [5, 5.41) is 2.58. The van der Waals surface area contributed by atoms with Crippen LogP contribution in [0.3, 0.4) is 0 Å². The van der Waals surface area contributed by atoms with E-state index in [2.05, 4.69) is 44.8 Å². The van der Waals surface area contributed by atoms with E-state index in [1.54, 1.807) is 0 Å². The molecule has 1 amide bonds. The lowest BCUT2D eigenvalue weighted by Crippen LogP contribution is -2.68.